The van der Waals surface area contributed by atoms with E-state index >= 15 is 0 Å². The van der Waals surface area contributed by atoms with Crippen LogP contribution in [0.2, 0.25) is 0 Å². The Labute approximate surface area is 236 Å². The zero-order valence-electron chi connectivity index (χ0n) is 21.7. The zero-order chi connectivity index (χ0) is 24.9. The third kappa shape index (κ3) is 7.40. The Kier molecular flexibility index (Phi) is 11.3. The topological polar surface area (TPSA) is 132 Å². The average Bonchev–Trinajstić information content (AvgIpc) is 3.55. The van der Waals surface area contributed by atoms with Crippen LogP contribution in [0.1, 0.15) is 70.3 Å². The van der Waals surface area contributed by atoms with E-state index in [2.05, 4.69) is 21.8 Å². The van der Waals surface area contributed by atoms with Crippen LogP contribution in [-0.4, -0.2) is 68.6 Å². The van der Waals surface area contributed by atoms with Gasteiger partial charge in [0.15, 0.2) is 17.0 Å². The highest BCUT2D eigenvalue weighted by Gasteiger charge is 2.27. The van der Waals surface area contributed by atoms with E-state index in [4.69, 9.17) is 30.3 Å². The SMILES string of the molecule is C=CCOC(=O)ON1CCC(Nc2nc(NC3CCC(N)CC3)nc3c2ncn3C2CCCC2)CC1.Cl.Cl. The second kappa shape index (κ2) is 14.2. The van der Waals surface area contributed by atoms with Gasteiger partial charge < -0.3 is 30.5 Å². The van der Waals surface area contributed by atoms with E-state index in [1.54, 1.807) is 5.06 Å². The standard InChI is InChI=1S/C25H38N8O3.2ClH/c1-2-15-35-25(34)36-32-13-11-19(12-14-32)28-22-21-23(33(16-27-21)20-5-3-4-6-20)31-24(30-22)29-18-9-7-17(26)8-10-18;;/h2,16-20H,1,3-15,26H2,(H2,28,29,30,31);2*1H. The third-order valence-electron chi connectivity index (χ3n) is 7.56. The molecule has 2 aromatic heterocycles. The number of hydrogen-bond acceptors (Lipinski definition) is 10. The second-order valence-electron chi connectivity index (χ2n) is 10.2. The number of halogens is 2. The number of hydroxylamine groups is 2. The number of nitrogens with one attached hydrogen (secondary N) is 2. The molecule has 1 saturated heterocycles. The van der Waals surface area contributed by atoms with E-state index < -0.39 is 6.16 Å². The van der Waals surface area contributed by atoms with Gasteiger partial charge in [-0.15, -0.1) is 29.9 Å². The van der Waals surface area contributed by atoms with Gasteiger partial charge in [0.2, 0.25) is 5.95 Å². The minimum Gasteiger partial charge on any atom is -0.429 e. The minimum atomic E-state index is -0.698. The Morgan fingerprint density at radius 1 is 1.03 bits per heavy atom. The van der Waals surface area contributed by atoms with Gasteiger partial charge >= 0.3 is 6.16 Å². The van der Waals surface area contributed by atoms with Gasteiger partial charge in [0, 0.05) is 37.3 Å². The highest BCUT2D eigenvalue weighted by Crippen LogP contribution is 2.34. The van der Waals surface area contributed by atoms with E-state index in [1.807, 2.05) is 6.33 Å². The number of piperidine rings is 1. The monoisotopic (exact) mass is 570 g/mol. The Morgan fingerprint density at radius 3 is 2.39 bits per heavy atom. The lowest BCUT2D eigenvalue weighted by atomic mass is 9.92. The van der Waals surface area contributed by atoms with Crippen molar-refractivity contribution in [2.45, 2.75) is 88.4 Å². The van der Waals surface area contributed by atoms with Crippen LogP contribution in [0.15, 0.2) is 19.0 Å². The molecule has 212 valence electrons. The van der Waals surface area contributed by atoms with Crippen molar-refractivity contribution >= 4 is 53.9 Å². The number of nitrogens with zero attached hydrogens (tertiary/aromatic N) is 5. The van der Waals surface area contributed by atoms with Crippen LogP contribution < -0.4 is 16.4 Å². The van der Waals surface area contributed by atoms with Gasteiger partial charge in [0.05, 0.1) is 6.33 Å². The maximum absolute atomic E-state index is 11.7. The number of hydrogen-bond donors (Lipinski definition) is 3. The van der Waals surface area contributed by atoms with Crippen molar-refractivity contribution in [3.8, 4) is 0 Å². The zero-order valence-corrected chi connectivity index (χ0v) is 23.4. The number of anilines is 2. The molecule has 11 nitrogen and oxygen atoms in total. The third-order valence-corrected chi connectivity index (χ3v) is 7.56. The number of rotatable bonds is 8. The number of fused-ring (bicyclic) bond motifs is 1. The molecule has 1 aliphatic heterocycles. The smallest absolute Gasteiger partial charge is 0.429 e. The molecule has 4 N–H and O–H groups in total. The summed E-state index contributed by atoms with van der Waals surface area (Å²) in [6.07, 6.45) is 13.3. The number of ether oxygens (including phenoxy) is 1. The first-order valence-electron chi connectivity index (χ1n) is 13.3. The molecule has 0 amide bonds. The first-order chi connectivity index (χ1) is 17.6. The van der Waals surface area contributed by atoms with Crippen molar-refractivity contribution in [3.05, 3.63) is 19.0 Å². The van der Waals surface area contributed by atoms with Crippen molar-refractivity contribution in [2.75, 3.05) is 30.3 Å². The van der Waals surface area contributed by atoms with Gasteiger partial charge in [-0.3, -0.25) is 0 Å². The van der Waals surface area contributed by atoms with Gasteiger partial charge in [-0.1, -0.05) is 25.5 Å². The molecule has 38 heavy (non-hydrogen) atoms. The minimum absolute atomic E-state index is 0. The molecule has 0 radical (unpaired) electrons. The van der Waals surface area contributed by atoms with Crippen LogP contribution in [0.5, 0.6) is 0 Å². The van der Waals surface area contributed by atoms with Crippen molar-refractivity contribution in [2.24, 2.45) is 5.73 Å². The number of aromatic nitrogens is 4. The summed E-state index contributed by atoms with van der Waals surface area (Å²) in [7, 11) is 0. The first kappa shape index (κ1) is 30.2. The van der Waals surface area contributed by atoms with Crippen LogP contribution in [0, 0.1) is 0 Å². The maximum atomic E-state index is 11.7. The molecular formula is C25H40Cl2N8O3. The van der Waals surface area contributed by atoms with Crippen LogP contribution in [0.3, 0.4) is 0 Å². The molecule has 2 saturated carbocycles. The maximum Gasteiger partial charge on any atom is 0.528 e. The fourth-order valence-electron chi connectivity index (χ4n) is 5.52. The molecule has 13 heteroatoms. The lowest BCUT2D eigenvalue weighted by Gasteiger charge is -2.31. The van der Waals surface area contributed by atoms with Crippen molar-refractivity contribution in [3.63, 3.8) is 0 Å². The summed E-state index contributed by atoms with van der Waals surface area (Å²) in [4.78, 5) is 31.6. The van der Waals surface area contributed by atoms with Crippen molar-refractivity contribution in [1.29, 1.82) is 0 Å². The molecule has 0 unspecified atom stereocenters. The molecular weight excluding hydrogens is 531 g/mol. The van der Waals surface area contributed by atoms with Gasteiger partial charge in [-0.25, -0.2) is 9.78 Å². The van der Waals surface area contributed by atoms with E-state index in [9.17, 15) is 4.79 Å². The van der Waals surface area contributed by atoms with E-state index in [-0.39, 0.29) is 37.5 Å². The van der Waals surface area contributed by atoms with Crippen molar-refractivity contribution < 1.29 is 14.4 Å². The Morgan fingerprint density at radius 2 is 1.71 bits per heavy atom. The Balaban J connectivity index is 0.00000200. The average molecular weight is 572 g/mol. The fraction of sp³-hybridized carbons (Fsp3) is 0.680. The normalized spacial score (nSPS) is 22.8. The largest absolute Gasteiger partial charge is 0.528 e. The molecule has 3 heterocycles. The summed E-state index contributed by atoms with van der Waals surface area (Å²) in [5.41, 5.74) is 7.80. The van der Waals surface area contributed by atoms with Gasteiger partial charge in [-0.2, -0.15) is 9.97 Å². The van der Waals surface area contributed by atoms with E-state index in [0.717, 1.165) is 68.3 Å². The molecule has 0 bridgehead atoms. The van der Waals surface area contributed by atoms with Crippen LogP contribution in [0.25, 0.3) is 11.2 Å². The summed E-state index contributed by atoms with van der Waals surface area (Å²) in [5.74, 6) is 1.41. The second-order valence-corrected chi connectivity index (χ2v) is 10.2. The van der Waals surface area contributed by atoms with Crippen LogP contribution in [-0.2, 0) is 9.57 Å². The molecule has 0 spiro atoms. The van der Waals surface area contributed by atoms with Crippen LogP contribution >= 0.6 is 24.8 Å². The summed E-state index contributed by atoms with van der Waals surface area (Å²) >= 11 is 0. The quantitative estimate of drug-likeness (QED) is 0.305. The van der Waals surface area contributed by atoms with E-state index in [0.29, 0.717) is 37.2 Å². The molecule has 5 rings (SSSR count). The summed E-state index contributed by atoms with van der Waals surface area (Å²) in [6, 6.07) is 1.26. The fourth-order valence-corrected chi connectivity index (χ4v) is 5.52. The summed E-state index contributed by atoms with van der Waals surface area (Å²) < 4.78 is 7.15. The highest BCUT2D eigenvalue weighted by molar-refractivity contribution is 5.86. The summed E-state index contributed by atoms with van der Waals surface area (Å²) in [6.45, 7) is 4.89. The molecule has 3 aliphatic rings. The highest BCUT2D eigenvalue weighted by atomic mass is 35.5. The predicted octanol–water partition coefficient (Wildman–Crippen LogP) is 4.60. The number of carbonyl (C=O) groups is 1. The Hall–Kier alpha value is -2.34. The number of nitrogens with two attached hydrogens (primary N) is 1. The van der Waals surface area contributed by atoms with Gasteiger partial charge in [0.25, 0.3) is 0 Å². The molecule has 0 atom stereocenters. The van der Waals surface area contributed by atoms with Crippen molar-refractivity contribution in [1.82, 2.24) is 24.6 Å². The Bertz CT molecular complexity index is 1050. The molecule has 0 aromatic carbocycles. The molecule has 2 aromatic rings. The van der Waals surface area contributed by atoms with Crippen LogP contribution in [0.4, 0.5) is 16.6 Å². The molecule has 2 aliphatic carbocycles. The number of imidazole rings is 1. The van der Waals surface area contributed by atoms with E-state index in [1.165, 1.54) is 18.9 Å². The van der Waals surface area contributed by atoms with Gasteiger partial charge in [-0.05, 0) is 51.4 Å². The number of carbonyl (C=O) groups excluding carboxylic acids is 1. The molecule has 3 fully saturated rings. The summed E-state index contributed by atoms with van der Waals surface area (Å²) in [5, 5.41) is 8.85. The first-order valence-corrected chi connectivity index (χ1v) is 13.3. The lowest BCUT2D eigenvalue weighted by Crippen LogP contribution is -2.40. The lowest BCUT2D eigenvalue weighted by molar-refractivity contribution is -0.136. The van der Waals surface area contributed by atoms with Gasteiger partial charge in [0.1, 0.15) is 6.61 Å². The predicted molar refractivity (Wildman–Crippen MR) is 152 cm³/mol.